The Bertz CT molecular complexity index is 159. The number of rotatable bonds is 1. The van der Waals surface area contributed by atoms with E-state index < -0.39 is 0 Å². The van der Waals surface area contributed by atoms with E-state index in [-0.39, 0.29) is 0 Å². The molecule has 4 heteroatoms. The van der Waals surface area contributed by atoms with E-state index in [2.05, 4.69) is 24.7 Å². The number of halogens is 1. The molecule has 2 nitrogen and oxygen atoms in total. The molecule has 0 bridgehead atoms. The molecule has 0 saturated carbocycles. The summed E-state index contributed by atoms with van der Waals surface area (Å²) in [7, 11) is 1.60. The second-order valence-electron chi connectivity index (χ2n) is 1.32. The van der Waals surface area contributed by atoms with Gasteiger partial charge in [-0.1, -0.05) is 6.20 Å². The quantitative estimate of drug-likeness (QED) is 0.562. The third kappa shape index (κ3) is 3.96. The molecule has 50 valence electrons. The van der Waals surface area contributed by atoms with E-state index in [1.807, 2.05) is 0 Å². The van der Waals surface area contributed by atoms with E-state index >= 15 is 0 Å². The van der Waals surface area contributed by atoms with Crippen molar-refractivity contribution in [2.45, 2.75) is 0 Å². The van der Waals surface area contributed by atoms with Gasteiger partial charge in [-0.2, -0.15) is 6.07 Å². The number of pyridine rings is 1. The van der Waals surface area contributed by atoms with Gasteiger partial charge in [0.15, 0.2) is 0 Å². The van der Waals surface area contributed by atoms with Crippen LogP contribution in [0, 0.1) is 6.07 Å². The van der Waals surface area contributed by atoms with Gasteiger partial charge in [-0.25, -0.2) is 6.07 Å². The van der Waals surface area contributed by atoms with Gasteiger partial charge in [-0.3, -0.25) is 0 Å². The van der Waals surface area contributed by atoms with Gasteiger partial charge in [-0.15, -0.1) is 0 Å². The zero-order chi connectivity index (χ0) is 7.82. The Labute approximate surface area is 77.0 Å². The van der Waals surface area contributed by atoms with Crippen molar-refractivity contribution in [1.82, 2.24) is 4.98 Å². The van der Waals surface area contributed by atoms with Crippen LogP contribution in [-0.4, -0.2) is 12.1 Å². The Morgan fingerprint density at radius 2 is 2.40 bits per heavy atom. The van der Waals surface area contributed by atoms with E-state index in [9.17, 15) is 0 Å². The van der Waals surface area contributed by atoms with Crippen molar-refractivity contribution in [3.05, 3.63) is 24.5 Å². The first-order chi connectivity index (χ1) is 4.93. The fourth-order valence-corrected chi connectivity index (χ4v) is 0.422. The summed E-state index contributed by atoms with van der Waals surface area (Å²) in [6.07, 6.45) is 3.22. The van der Waals surface area contributed by atoms with E-state index in [0.717, 1.165) is 5.75 Å². The normalized spacial score (nSPS) is 7.60. The Morgan fingerprint density at radius 1 is 1.70 bits per heavy atom. The van der Waals surface area contributed by atoms with Crippen LogP contribution in [-0.2, 0) is 16.3 Å². The van der Waals surface area contributed by atoms with Crippen LogP contribution in [0.5, 0.6) is 5.75 Å². The van der Waals surface area contributed by atoms with Gasteiger partial charge in [0.1, 0.15) is 0 Å². The number of aromatic nitrogens is 1. The molecule has 0 radical (unpaired) electrons. The van der Waals surface area contributed by atoms with Crippen molar-refractivity contribution < 1.29 is 21.1 Å². The molecule has 0 fully saturated rings. The first-order valence-corrected chi connectivity index (χ1v) is 9.50. The molecule has 1 heterocycles. The van der Waals surface area contributed by atoms with Gasteiger partial charge < -0.3 is 9.72 Å². The molecule has 0 aliphatic heterocycles. The minimum atomic E-state index is 0.743. The number of methoxy groups -OCH3 is 1. The monoisotopic (exact) mass is 251 g/mol. The second-order valence-corrected chi connectivity index (χ2v) is 1.32. The third-order valence-corrected chi connectivity index (χ3v) is 0.812. The van der Waals surface area contributed by atoms with Gasteiger partial charge in [0.25, 0.3) is 0 Å². The molecule has 0 aromatic carbocycles. The predicted molar refractivity (Wildman–Crippen MR) is 38.6 cm³/mol. The molecule has 0 N–H and O–H groups in total. The van der Waals surface area contributed by atoms with Crippen LogP contribution in [0.25, 0.3) is 0 Å². The summed E-state index contributed by atoms with van der Waals surface area (Å²) in [5, 5.41) is 0. The fourth-order valence-electron chi connectivity index (χ4n) is 0.422. The van der Waals surface area contributed by atoms with Crippen LogP contribution in [0.15, 0.2) is 18.5 Å². The summed E-state index contributed by atoms with van der Waals surface area (Å²) in [4.78, 5) is 3.77. The fraction of sp³-hybridized carbons (Fsp3) is 0.167. The average Bonchev–Trinajstić information content (AvgIpc) is 2.10. The summed E-state index contributed by atoms with van der Waals surface area (Å²) < 4.78 is 4.82. The van der Waals surface area contributed by atoms with Crippen molar-refractivity contribution in [1.29, 1.82) is 0 Å². The van der Waals surface area contributed by atoms with Crippen molar-refractivity contribution in [3.8, 4) is 5.75 Å². The molecule has 0 atom stereocenters. The van der Waals surface area contributed by atoms with Crippen molar-refractivity contribution in [2.24, 2.45) is 0 Å². The molecule has 1 rings (SSSR count). The molecule has 0 saturated heterocycles. The van der Waals surface area contributed by atoms with Gasteiger partial charge in [-0.05, 0) is 11.9 Å². The second kappa shape index (κ2) is 7.16. The summed E-state index contributed by atoms with van der Waals surface area (Å²) >= 11 is 4.25. The predicted octanol–water partition coefficient (Wildman–Crippen LogP) is 1.73. The van der Waals surface area contributed by atoms with Crippen LogP contribution in [0.2, 0.25) is 0 Å². The zero-order valence-electron chi connectivity index (χ0n) is 5.67. The van der Waals surface area contributed by atoms with Crippen LogP contribution in [0.1, 0.15) is 0 Å². The number of hydrogen-bond acceptors (Lipinski definition) is 2. The molecule has 0 unspecified atom stereocenters. The first-order valence-electron chi connectivity index (χ1n) is 2.55. The topological polar surface area (TPSA) is 22.1 Å². The van der Waals surface area contributed by atoms with Gasteiger partial charge >= 0.3 is 30.0 Å². The van der Waals surface area contributed by atoms with Crippen LogP contribution in [0.3, 0.4) is 0 Å². The van der Waals surface area contributed by atoms with E-state index in [0.29, 0.717) is 0 Å². The number of nitrogens with zero attached hydrogens (tertiary/aromatic N) is 1. The minimum absolute atomic E-state index is 0.743. The standard InChI is InChI=1S/C6H6NO.BrH.Zn/c1-8-6-3-2-4-7-5-6;;/h3-5H,1H3;1H;/q-1;;+2/p-1. The molecule has 0 aliphatic rings. The summed E-state index contributed by atoms with van der Waals surface area (Å²) in [5.74, 6) is 0.743. The van der Waals surface area contributed by atoms with Gasteiger partial charge in [0.2, 0.25) is 0 Å². The Kier molecular flexibility index (Phi) is 7.20. The van der Waals surface area contributed by atoms with Crippen LogP contribution >= 0.6 is 13.6 Å². The summed E-state index contributed by atoms with van der Waals surface area (Å²) in [6.45, 7) is 0. The molecule has 0 spiro atoms. The molecule has 1 aromatic rings. The Balaban J connectivity index is 0.000000371. The Hall–Kier alpha value is 0.0534. The van der Waals surface area contributed by atoms with Gasteiger partial charge in [0, 0.05) is 0 Å². The third-order valence-electron chi connectivity index (χ3n) is 0.812. The number of hydrogen-bond donors (Lipinski definition) is 0. The zero-order valence-corrected chi connectivity index (χ0v) is 10.2. The first kappa shape index (κ1) is 10.1. The Morgan fingerprint density at radius 3 is 2.70 bits per heavy atom. The van der Waals surface area contributed by atoms with Crippen molar-refractivity contribution >= 4 is 13.6 Å². The van der Waals surface area contributed by atoms with Gasteiger partial charge in [0.05, 0.1) is 7.11 Å². The van der Waals surface area contributed by atoms with Crippen LogP contribution < -0.4 is 4.74 Å². The maximum absolute atomic E-state index is 4.82. The summed E-state index contributed by atoms with van der Waals surface area (Å²) in [6, 6.07) is 4.50. The molecule has 0 amide bonds. The number of ether oxygens (including phenoxy) is 1. The molecule has 10 heavy (non-hydrogen) atoms. The van der Waals surface area contributed by atoms with E-state index in [1.54, 1.807) is 25.6 Å². The summed E-state index contributed by atoms with van der Waals surface area (Å²) in [5.41, 5.74) is 0. The maximum atomic E-state index is 4.82. The molecular formula is C6H6BrNOZn. The average molecular weight is 253 g/mol. The van der Waals surface area contributed by atoms with Crippen LogP contribution in [0.4, 0.5) is 0 Å². The SMILES string of the molecule is COc1c[c-]cnc1.[Zn+][Br]. The van der Waals surface area contributed by atoms with Crippen molar-refractivity contribution in [3.63, 3.8) is 0 Å². The molecule has 1 aromatic heterocycles. The molecule has 0 aliphatic carbocycles. The van der Waals surface area contributed by atoms with E-state index in [1.165, 1.54) is 16.3 Å². The van der Waals surface area contributed by atoms with E-state index in [4.69, 9.17) is 4.74 Å². The molecular weight excluding hydrogens is 247 g/mol. The van der Waals surface area contributed by atoms with Crippen molar-refractivity contribution in [2.75, 3.05) is 7.11 Å².